The number of anilines is 6. The lowest BCUT2D eigenvalue weighted by molar-refractivity contribution is 0.589. The summed E-state index contributed by atoms with van der Waals surface area (Å²) >= 11 is 8.36. The van der Waals surface area contributed by atoms with Crippen molar-refractivity contribution in [3.8, 4) is 28.6 Å². The van der Waals surface area contributed by atoms with Crippen molar-refractivity contribution in [2.75, 3.05) is 9.80 Å². The number of rotatable bonds is 6. The Morgan fingerprint density at radius 1 is 0.388 bits per heavy atom. The molecule has 12 aromatic rings. The van der Waals surface area contributed by atoms with Gasteiger partial charge in [0.2, 0.25) is 0 Å². The first kappa shape index (κ1) is 55.6. The van der Waals surface area contributed by atoms with Crippen LogP contribution in [-0.4, -0.2) is 9.13 Å². The third-order valence-corrected chi connectivity index (χ3v) is 18.2. The quantitative estimate of drug-likeness (QED) is 0.167. The maximum Gasteiger partial charge on any atom is 0.0993 e. The molecule has 0 atom stereocenters. The monoisotopic (exact) mass is 1130 g/mol. The molecule has 13 rings (SSSR count). The van der Waals surface area contributed by atoms with E-state index in [1.807, 2.05) is 12.1 Å². The maximum atomic E-state index is 11.4. The fourth-order valence-corrected chi connectivity index (χ4v) is 13.2. The van der Waals surface area contributed by atoms with E-state index in [1.165, 1.54) is 60.1 Å². The fourth-order valence-electron chi connectivity index (χ4n) is 12.9. The molecule has 6 heteroatoms. The lowest BCUT2D eigenvalue weighted by Crippen LogP contribution is -2.22. The van der Waals surface area contributed by atoms with Gasteiger partial charge in [0.25, 0.3) is 0 Å². The van der Waals surface area contributed by atoms with Crippen molar-refractivity contribution in [1.29, 1.82) is 5.26 Å². The zero-order valence-corrected chi connectivity index (χ0v) is 52.8. The van der Waals surface area contributed by atoms with E-state index >= 15 is 0 Å². The van der Waals surface area contributed by atoms with E-state index in [9.17, 15) is 5.26 Å². The summed E-state index contributed by atoms with van der Waals surface area (Å²) in [5, 5.41) is 19.1. The molecule has 0 saturated heterocycles. The lowest BCUT2D eigenvalue weighted by Gasteiger charge is -2.37. The minimum Gasteiger partial charge on any atom is -0.309 e. The number of aromatic nitrogens is 2. The Bertz CT molecular complexity index is 4680. The number of hydrogen-bond donors (Lipinski definition) is 0. The van der Waals surface area contributed by atoms with E-state index in [4.69, 9.17) is 11.6 Å². The Balaban J connectivity index is 1.08. The van der Waals surface area contributed by atoms with Crippen molar-refractivity contribution in [1.82, 2.24) is 9.13 Å². The second-order valence-electron chi connectivity index (χ2n) is 28.9. The number of nitrogens with zero attached hydrogens (tertiary/aromatic N) is 5. The first-order valence-corrected chi connectivity index (χ1v) is 30.4. The third-order valence-electron chi connectivity index (χ3n) is 17.9. The molecule has 10 aromatic carbocycles. The highest BCUT2D eigenvalue weighted by Gasteiger charge is 2.35. The molecular formula is C79H76ClN5. The molecule has 1 aliphatic heterocycles. The second-order valence-corrected chi connectivity index (χ2v) is 29.3. The van der Waals surface area contributed by atoms with Gasteiger partial charge in [-0.1, -0.05) is 200 Å². The van der Waals surface area contributed by atoms with Gasteiger partial charge in [-0.3, -0.25) is 0 Å². The van der Waals surface area contributed by atoms with E-state index in [2.05, 4.69) is 305 Å². The topological polar surface area (TPSA) is 40.1 Å². The van der Waals surface area contributed by atoms with Crippen molar-refractivity contribution >= 4 is 100 Å². The molecule has 0 amide bonds. The van der Waals surface area contributed by atoms with Gasteiger partial charge >= 0.3 is 0 Å². The van der Waals surface area contributed by atoms with E-state index in [1.54, 1.807) is 0 Å². The van der Waals surface area contributed by atoms with Crippen LogP contribution < -0.4 is 9.80 Å². The molecule has 0 aliphatic carbocycles. The molecule has 0 bridgehead atoms. The number of hydrogen-bond acceptors (Lipinski definition) is 3. The van der Waals surface area contributed by atoms with Gasteiger partial charge in [-0.15, -0.1) is 0 Å². The molecular weight excluding hydrogens is 1050 g/mol. The lowest BCUT2D eigenvalue weighted by atomic mass is 9.84. The van der Waals surface area contributed by atoms with Crippen molar-refractivity contribution < 1.29 is 0 Å². The van der Waals surface area contributed by atoms with Crippen LogP contribution in [0.1, 0.15) is 137 Å². The Morgan fingerprint density at radius 2 is 0.894 bits per heavy atom. The number of benzene rings is 10. The zero-order valence-electron chi connectivity index (χ0n) is 52.0. The minimum absolute atomic E-state index is 0.0362. The van der Waals surface area contributed by atoms with E-state index in [-0.39, 0.29) is 27.1 Å². The summed E-state index contributed by atoms with van der Waals surface area (Å²) in [6.07, 6.45) is 0. The van der Waals surface area contributed by atoms with Crippen molar-refractivity contribution in [3.63, 3.8) is 0 Å². The molecule has 0 spiro atoms. The summed E-state index contributed by atoms with van der Waals surface area (Å²) in [7, 11) is 0. The summed E-state index contributed by atoms with van der Waals surface area (Å²) in [5.41, 5.74) is 20.4. The molecule has 5 nitrogen and oxygen atoms in total. The van der Waals surface area contributed by atoms with Crippen LogP contribution in [0.15, 0.2) is 188 Å². The summed E-state index contributed by atoms with van der Waals surface area (Å²) in [4.78, 5) is 4.61. The number of fused-ring (bicyclic) bond motifs is 9. The van der Waals surface area contributed by atoms with Gasteiger partial charge < -0.3 is 18.9 Å². The number of nitriles is 1. The highest BCUT2D eigenvalue weighted by Crippen LogP contribution is 2.56. The van der Waals surface area contributed by atoms with Gasteiger partial charge in [0.05, 0.1) is 67.2 Å². The van der Waals surface area contributed by atoms with Gasteiger partial charge in [-0.25, -0.2) is 0 Å². The van der Waals surface area contributed by atoms with Crippen molar-refractivity contribution in [2.45, 2.75) is 131 Å². The summed E-state index contributed by atoms with van der Waals surface area (Å²) in [6.45, 7) is 34.3. The summed E-state index contributed by atoms with van der Waals surface area (Å²) in [5.74, 6) is 0. The normalized spacial score (nSPS) is 13.1. The van der Waals surface area contributed by atoms with E-state index in [0.717, 1.165) is 73.0 Å². The SMILES string of the molecule is CC(C)(C)c1ccc2c(c1)-n1c3ccc(C(C)(C)C)cc3c3cc(C(C)(C)C)cc(c31)N2c1cc(C#N)cc(N(c2ccc(-c3cccc4ccccc34)cc2)c2cccc(-n3c4ccc(C(C)(C)C)cc4c4cc(C(C)(C)C)ccc43)c2)c1Cl. The van der Waals surface area contributed by atoms with Crippen LogP contribution in [0.3, 0.4) is 0 Å². The fraction of sp³-hybridized carbons (Fsp3) is 0.253. The molecule has 1 aliphatic rings. The second kappa shape index (κ2) is 19.5. The molecule has 424 valence electrons. The number of halogens is 1. The zero-order chi connectivity index (χ0) is 60.0. The van der Waals surface area contributed by atoms with Crippen LogP contribution in [0, 0.1) is 11.3 Å². The first-order chi connectivity index (χ1) is 40.2. The molecule has 85 heavy (non-hydrogen) atoms. The Morgan fingerprint density at radius 3 is 1.48 bits per heavy atom. The maximum absolute atomic E-state index is 11.4. The van der Waals surface area contributed by atoms with E-state index < -0.39 is 0 Å². The van der Waals surface area contributed by atoms with Gasteiger partial charge in [-0.2, -0.15) is 5.26 Å². The van der Waals surface area contributed by atoms with Gasteiger partial charge in [0, 0.05) is 38.6 Å². The van der Waals surface area contributed by atoms with E-state index in [0.29, 0.717) is 16.3 Å². The average molecular weight is 1130 g/mol. The van der Waals surface area contributed by atoms with Crippen molar-refractivity contribution in [2.24, 2.45) is 0 Å². The van der Waals surface area contributed by atoms with Gasteiger partial charge in [-0.05, 0) is 180 Å². The van der Waals surface area contributed by atoms with Crippen LogP contribution in [0.25, 0.3) is 76.9 Å². The highest BCUT2D eigenvalue weighted by molar-refractivity contribution is 6.37. The summed E-state index contributed by atoms with van der Waals surface area (Å²) < 4.78 is 4.90. The molecule has 0 fully saturated rings. The molecule has 3 heterocycles. The van der Waals surface area contributed by atoms with Gasteiger partial charge in [0.15, 0.2) is 0 Å². The van der Waals surface area contributed by atoms with Crippen LogP contribution in [0.5, 0.6) is 0 Å². The molecule has 0 N–H and O–H groups in total. The predicted molar refractivity (Wildman–Crippen MR) is 364 cm³/mol. The Labute approximate surface area is 507 Å². The highest BCUT2D eigenvalue weighted by atomic mass is 35.5. The average Bonchev–Trinajstić information content (AvgIpc) is 1.83. The van der Waals surface area contributed by atoms with Gasteiger partial charge in [0.1, 0.15) is 0 Å². The molecule has 0 saturated carbocycles. The Kier molecular flexibility index (Phi) is 12.8. The summed E-state index contributed by atoms with van der Waals surface area (Å²) in [6, 6.07) is 72.1. The third kappa shape index (κ3) is 9.36. The Hall–Kier alpha value is -8.56. The van der Waals surface area contributed by atoms with Crippen LogP contribution >= 0.6 is 11.6 Å². The van der Waals surface area contributed by atoms with Crippen molar-refractivity contribution in [3.05, 3.63) is 226 Å². The van der Waals surface area contributed by atoms with Crippen LogP contribution in [-0.2, 0) is 27.1 Å². The molecule has 0 radical (unpaired) electrons. The van der Waals surface area contributed by atoms with Crippen LogP contribution in [0.4, 0.5) is 34.1 Å². The standard InChI is InChI=1S/C79H76ClN5/c1-75(2,3)51-28-34-65-61(40-51)62-41-52(76(4,5)6)29-35-66(62)83(65)58-23-19-22-57(46-58)82(56-32-26-50(27-33-56)60-25-18-21-49-20-16-17-24-59(49)60)70-38-48(47-81)39-71(73(70)80)84-68-37-31-54(78(10,11)12)44-69(68)85-67-36-30-53(77(7,8)9)42-63(67)64-43-55(79(13,14)15)45-72(84)74(64)85/h16-46H,1-15H3. The van der Waals surface area contributed by atoms with Crippen LogP contribution in [0.2, 0.25) is 5.02 Å². The predicted octanol–water partition coefficient (Wildman–Crippen LogP) is 23.0. The smallest absolute Gasteiger partial charge is 0.0993 e. The molecule has 0 unspecified atom stereocenters. The first-order valence-electron chi connectivity index (χ1n) is 30.1. The minimum atomic E-state index is -0.202. The largest absolute Gasteiger partial charge is 0.309 e. The molecule has 2 aromatic heterocycles.